The number of rotatable bonds is 2. The maximum absolute atomic E-state index is 11.2. The third-order valence-electron chi connectivity index (χ3n) is 3.90. The second-order valence-corrected chi connectivity index (χ2v) is 7.83. The molecule has 100 valence electrons. The van der Waals surface area contributed by atoms with E-state index in [9.17, 15) is 5.11 Å². The Balaban J connectivity index is 1.97. The summed E-state index contributed by atoms with van der Waals surface area (Å²) in [6.45, 7) is 0. The van der Waals surface area contributed by atoms with Crippen molar-refractivity contribution in [2.24, 2.45) is 0 Å². The molecular formula is C16H17BrOS. The average Bonchev–Trinajstić information content (AvgIpc) is 2.72. The van der Waals surface area contributed by atoms with Gasteiger partial charge in [-0.2, -0.15) is 0 Å². The fourth-order valence-electron chi connectivity index (χ4n) is 2.98. The van der Waals surface area contributed by atoms with Gasteiger partial charge < -0.3 is 5.11 Å². The number of hydrogen-bond donors (Lipinski definition) is 1. The van der Waals surface area contributed by atoms with Crippen LogP contribution in [-0.4, -0.2) is 5.11 Å². The van der Waals surface area contributed by atoms with Crippen molar-refractivity contribution in [2.75, 3.05) is 0 Å². The van der Waals surface area contributed by atoms with Gasteiger partial charge in [0.1, 0.15) is 0 Å². The van der Waals surface area contributed by atoms with E-state index in [-0.39, 0.29) is 0 Å². The minimum Gasteiger partial charge on any atom is -0.385 e. The smallest absolute Gasteiger partial charge is 0.0947 e. The lowest BCUT2D eigenvalue weighted by Gasteiger charge is -2.28. The van der Waals surface area contributed by atoms with Gasteiger partial charge in [0, 0.05) is 11.3 Å². The first-order chi connectivity index (χ1) is 9.17. The zero-order valence-electron chi connectivity index (χ0n) is 10.7. The van der Waals surface area contributed by atoms with E-state index in [0.29, 0.717) is 0 Å². The Morgan fingerprint density at radius 2 is 2.00 bits per heavy atom. The number of benzene rings is 1. The Morgan fingerprint density at radius 3 is 2.79 bits per heavy atom. The maximum Gasteiger partial charge on any atom is 0.0947 e. The van der Waals surface area contributed by atoms with Crippen molar-refractivity contribution in [3.63, 3.8) is 0 Å². The molecule has 1 aliphatic carbocycles. The number of fused-ring (bicyclic) bond motifs is 1. The maximum atomic E-state index is 11.2. The number of aryl methyl sites for hydroxylation is 1. The van der Waals surface area contributed by atoms with Gasteiger partial charge in [-0.1, -0.05) is 24.3 Å². The Morgan fingerprint density at radius 1 is 1.16 bits per heavy atom. The van der Waals surface area contributed by atoms with Crippen molar-refractivity contribution in [2.45, 2.75) is 37.7 Å². The number of halogens is 1. The SMILES string of the molecule is OC1(Cc2ccc(Br)s2)CCCCc2ccccc21. The molecule has 1 N–H and O–H groups in total. The van der Waals surface area contributed by atoms with Gasteiger partial charge in [0.25, 0.3) is 0 Å². The Bertz CT molecular complexity index is 578. The third kappa shape index (κ3) is 2.78. The molecule has 1 aromatic carbocycles. The van der Waals surface area contributed by atoms with Crippen LogP contribution in [0.1, 0.15) is 35.3 Å². The highest BCUT2D eigenvalue weighted by atomic mass is 79.9. The van der Waals surface area contributed by atoms with Gasteiger partial charge in [-0.05, 0) is 64.9 Å². The van der Waals surface area contributed by atoms with Crippen LogP contribution in [0.15, 0.2) is 40.2 Å². The highest BCUT2D eigenvalue weighted by Gasteiger charge is 2.33. The summed E-state index contributed by atoms with van der Waals surface area (Å²) in [5, 5.41) is 11.2. The lowest BCUT2D eigenvalue weighted by Crippen LogP contribution is -2.28. The number of hydrogen-bond acceptors (Lipinski definition) is 2. The van der Waals surface area contributed by atoms with Crippen molar-refractivity contribution in [1.82, 2.24) is 0 Å². The topological polar surface area (TPSA) is 20.2 Å². The van der Waals surface area contributed by atoms with E-state index < -0.39 is 5.60 Å². The summed E-state index contributed by atoms with van der Waals surface area (Å²) in [7, 11) is 0. The molecule has 0 spiro atoms. The van der Waals surface area contributed by atoms with Gasteiger partial charge in [0.2, 0.25) is 0 Å². The molecule has 3 heteroatoms. The summed E-state index contributed by atoms with van der Waals surface area (Å²) >= 11 is 5.22. The summed E-state index contributed by atoms with van der Waals surface area (Å²) in [6, 6.07) is 12.6. The molecule has 0 amide bonds. The van der Waals surface area contributed by atoms with Crippen molar-refractivity contribution in [1.29, 1.82) is 0 Å². The molecule has 1 heterocycles. The van der Waals surface area contributed by atoms with E-state index >= 15 is 0 Å². The average molecular weight is 337 g/mol. The van der Waals surface area contributed by atoms with E-state index in [4.69, 9.17) is 0 Å². The summed E-state index contributed by atoms with van der Waals surface area (Å²) in [5.74, 6) is 0. The normalized spacial score (nSPS) is 22.8. The molecule has 0 fully saturated rings. The second kappa shape index (κ2) is 5.39. The fraction of sp³-hybridized carbons (Fsp3) is 0.375. The molecule has 0 bridgehead atoms. The monoisotopic (exact) mass is 336 g/mol. The van der Waals surface area contributed by atoms with Crippen LogP contribution in [-0.2, 0) is 18.4 Å². The molecule has 1 unspecified atom stereocenters. The van der Waals surface area contributed by atoms with Gasteiger partial charge in [-0.25, -0.2) is 0 Å². The van der Waals surface area contributed by atoms with E-state index in [0.717, 1.165) is 35.0 Å². The van der Waals surface area contributed by atoms with Crippen LogP contribution in [0.25, 0.3) is 0 Å². The van der Waals surface area contributed by atoms with Gasteiger partial charge >= 0.3 is 0 Å². The largest absolute Gasteiger partial charge is 0.385 e. The fourth-order valence-corrected chi connectivity index (χ4v) is 4.57. The van der Waals surface area contributed by atoms with Crippen molar-refractivity contribution < 1.29 is 5.11 Å². The van der Waals surface area contributed by atoms with Crippen LogP contribution in [0.2, 0.25) is 0 Å². The van der Waals surface area contributed by atoms with E-state index in [1.165, 1.54) is 16.9 Å². The van der Waals surface area contributed by atoms with Crippen LogP contribution >= 0.6 is 27.3 Å². The van der Waals surface area contributed by atoms with E-state index in [2.05, 4.69) is 46.3 Å². The molecule has 0 radical (unpaired) electrons. The summed E-state index contributed by atoms with van der Waals surface area (Å²) in [4.78, 5) is 1.24. The molecule has 0 saturated carbocycles. The summed E-state index contributed by atoms with van der Waals surface area (Å²) < 4.78 is 1.13. The van der Waals surface area contributed by atoms with Crippen molar-refractivity contribution in [3.05, 3.63) is 56.2 Å². The first kappa shape index (κ1) is 13.3. The molecule has 1 atom stereocenters. The first-order valence-electron chi connectivity index (χ1n) is 6.72. The minimum absolute atomic E-state index is 0.697. The molecule has 2 aromatic rings. The van der Waals surface area contributed by atoms with Gasteiger partial charge in [-0.3, -0.25) is 0 Å². The molecule has 1 aliphatic rings. The Labute approximate surface area is 126 Å². The van der Waals surface area contributed by atoms with Crippen LogP contribution in [0.3, 0.4) is 0 Å². The Kier molecular flexibility index (Phi) is 3.79. The summed E-state index contributed by atoms with van der Waals surface area (Å²) in [5.41, 5.74) is 1.76. The van der Waals surface area contributed by atoms with E-state index in [1.807, 2.05) is 6.07 Å². The predicted molar refractivity (Wildman–Crippen MR) is 83.6 cm³/mol. The highest BCUT2D eigenvalue weighted by molar-refractivity contribution is 9.11. The number of aliphatic hydroxyl groups is 1. The Hall–Kier alpha value is -0.640. The van der Waals surface area contributed by atoms with Crippen LogP contribution in [0.4, 0.5) is 0 Å². The molecule has 0 saturated heterocycles. The molecule has 1 nitrogen and oxygen atoms in total. The predicted octanol–water partition coefficient (Wildman–Crippen LogP) is 4.67. The standard InChI is InChI=1S/C16H17BrOS/c17-15-9-8-13(19-15)11-16(18)10-4-3-6-12-5-1-2-7-14(12)16/h1-2,5,7-9,18H,3-4,6,10-11H2. The lowest BCUT2D eigenvalue weighted by molar-refractivity contribution is 0.0280. The lowest BCUT2D eigenvalue weighted by atomic mass is 9.85. The highest BCUT2D eigenvalue weighted by Crippen LogP contribution is 2.38. The van der Waals surface area contributed by atoms with Gasteiger partial charge in [-0.15, -0.1) is 11.3 Å². The molecule has 19 heavy (non-hydrogen) atoms. The van der Waals surface area contributed by atoms with E-state index in [1.54, 1.807) is 11.3 Å². The summed E-state index contributed by atoms with van der Waals surface area (Å²) in [6.07, 6.45) is 4.94. The molecule has 1 aromatic heterocycles. The molecule has 3 rings (SSSR count). The quantitative estimate of drug-likeness (QED) is 0.790. The van der Waals surface area contributed by atoms with Crippen molar-refractivity contribution >= 4 is 27.3 Å². The van der Waals surface area contributed by atoms with Gasteiger partial charge in [0.15, 0.2) is 0 Å². The minimum atomic E-state index is -0.697. The second-order valence-electron chi connectivity index (χ2n) is 5.28. The van der Waals surface area contributed by atoms with Crippen molar-refractivity contribution in [3.8, 4) is 0 Å². The van der Waals surface area contributed by atoms with Crippen LogP contribution in [0.5, 0.6) is 0 Å². The number of thiophene rings is 1. The van der Waals surface area contributed by atoms with Gasteiger partial charge in [0.05, 0.1) is 9.39 Å². The van der Waals surface area contributed by atoms with Crippen LogP contribution < -0.4 is 0 Å². The molecular weight excluding hydrogens is 320 g/mol. The zero-order chi connectivity index (χ0) is 13.3. The zero-order valence-corrected chi connectivity index (χ0v) is 13.1. The molecule has 0 aliphatic heterocycles. The first-order valence-corrected chi connectivity index (χ1v) is 8.33. The van der Waals surface area contributed by atoms with Crippen LogP contribution in [0, 0.1) is 0 Å². The third-order valence-corrected chi connectivity index (χ3v) is 5.52.